The number of hydrogen-bond donors (Lipinski definition) is 0. The van der Waals surface area contributed by atoms with Gasteiger partial charge in [-0.2, -0.15) is 5.10 Å². The van der Waals surface area contributed by atoms with Crippen molar-refractivity contribution < 1.29 is 4.74 Å². The first kappa shape index (κ1) is 14.0. The van der Waals surface area contributed by atoms with Gasteiger partial charge in [0.1, 0.15) is 10.7 Å². The van der Waals surface area contributed by atoms with Crippen molar-refractivity contribution in [2.75, 3.05) is 40.4 Å². The van der Waals surface area contributed by atoms with Gasteiger partial charge in [0.2, 0.25) is 0 Å². The Hall–Kier alpha value is -1.46. The van der Waals surface area contributed by atoms with Gasteiger partial charge in [0.05, 0.1) is 26.3 Å². The summed E-state index contributed by atoms with van der Waals surface area (Å²) in [7, 11) is 3.89. The van der Waals surface area contributed by atoms with Crippen LogP contribution in [0.25, 0.3) is 0 Å². The Bertz CT molecular complexity index is 453. The monoisotopic (exact) mass is 277 g/mol. The SMILES string of the molecule is CN(C)C(=S)/C(=N/N1CCOCC1)c1ccccc1. The summed E-state index contributed by atoms with van der Waals surface area (Å²) >= 11 is 5.49. The number of likely N-dealkylation sites (N-methyl/N-ethyl adjacent to an activating group) is 1. The normalized spacial score (nSPS) is 16.3. The number of hydrazone groups is 1. The molecule has 0 N–H and O–H groups in total. The highest BCUT2D eigenvalue weighted by molar-refractivity contribution is 7.82. The van der Waals surface area contributed by atoms with Crippen molar-refractivity contribution in [2.45, 2.75) is 0 Å². The molecule has 0 spiro atoms. The number of nitrogens with zero attached hydrogens (tertiary/aromatic N) is 3. The van der Waals surface area contributed by atoms with E-state index in [9.17, 15) is 0 Å². The van der Waals surface area contributed by atoms with Gasteiger partial charge in [-0.1, -0.05) is 42.5 Å². The first-order chi connectivity index (χ1) is 9.18. The lowest BCUT2D eigenvalue weighted by Gasteiger charge is -2.26. The molecule has 1 aliphatic rings. The molecule has 19 heavy (non-hydrogen) atoms. The molecule has 1 heterocycles. The van der Waals surface area contributed by atoms with Crippen LogP contribution < -0.4 is 0 Å². The minimum atomic E-state index is 0.723. The average Bonchev–Trinajstić information content (AvgIpc) is 2.46. The Balaban J connectivity index is 2.28. The predicted molar refractivity (Wildman–Crippen MR) is 81.7 cm³/mol. The Labute approximate surface area is 119 Å². The van der Waals surface area contributed by atoms with Crippen molar-refractivity contribution in [1.29, 1.82) is 0 Å². The molecule has 0 bridgehead atoms. The van der Waals surface area contributed by atoms with Gasteiger partial charge in [-0.15, -0.1) is 0 Å². The van der Waals surface area contributed by atoms with E-state index in [1.54, 1.807) is 0 Å². The van der Waals surface area contributed by atoms with Gasteiger partial charge in [0.25, 0.3) is 0 Å². The van der Waals surface area contributed by atoms with E-state index in [0.717, 1.165) is 42.6 Å². The zero-order chi connectivity index (χ0) is 13.7. The number of thiocarbonyl (C=S) groups is 1. The van der Waals surface area contributed by atoms with Crippen molar-refractivity contribution in [3.05, 3.63) is 35.9 Å². The Morgan fingerprint density at radius 1 is 1.21 bits per heavy atom. The van der Waals surface area contributed by atoms with E-state index < -0.39 is 0 Å². The number of ether oxygens (including phenoxy) is 1. The van der Waals surface area contributed by atoms with Gasteiger partial charge in [-0.25, -0.2) is 0 Å². The fourth-order valence-electron chi connectivity index (χ4n) is 1.83. The van der Waals surface area contributed by atoms with E-state index in [1.807, 2.05) is 54.3 Å². The highest BCUT2D eigenvalue weighted by atomic mass is 32.1. The van der Waals surface area contributed by atoms with Crippen LogP contribution in [0.3, 0.4) is 0 Å². The number of rotatable bonds is 3. The van der Waals surface area contributed by atoms with Crippen molar-refractivity contribution in [3.8, 4) is 0 Å². The van der Waals surface area contributed by atoms with Crippen LogP contribution in [0.4, 0.5) is 0 Å². The van der Waals surface area contributed by atoms with E-state index >= 15 is 0 Å². The fraction of sp³-hybridized carbons (Fsp3) is 0.429. The third-order valence-electron chi connectivity index (χ3n) is 2.88. The first-order valence-electron chi connectivity index (χ1n) is 6.37. The summed E-state index contributed by atoms with van der Waals surface area (Å²) in [4.78, 5) is 2.67. The second-order valence-corrected chi connectivity index (χ2v) is 4.97. The molecular weight excluding hydrogens is 258 g/mol. The molecule has 1 aliphatic heterocycles. The summed E-state index contributed by atoms with van der Waals surface area (Å²) in [6.45, 7) is 3.07. The topological polar surface area (TPSA) is 28.1 Å². The van der Waals surface area contributed by atoms with Crippen molar-refractivity contribution in [3.63, 3.8) is 0 Å². The molecule has 2 rings (SSSR count). The molecule has 0 unspecified atom stereocenters. The highest BCUT2D eigenvalue weighted by Gasteiger charge is 2.15. The smallest absolute Gasteiger partial charge is 0.129 e. The van der Waals surface area contributed by atoms with Gasteiger partial charge in [-0.05, 0) is 0 Å². The average molecular weight is 277 g/mol. The van der Waals surface area contributed by atoms with Crippen molar-refractivity contribution in [2.24, 2.45) is 5.10 Å². The highest BCUT2D eigenvalue weighted by Crippen LogP contribution is 2.08. The maximum Gasteiger partial charge on any atom is 0.129 e. The lowest BCUT2D eigenvalue weighted by molar-refractivity contribution is 0.0395. The second-order valence-electron chi connectivity index (χ2n) is 4.58. The third kappa shape index (κ3) is 3.75. The van der Waals surface area contributed by atoms with Crippen molar-refractivity contribution in [1.82, 2.24) is 9.91 Å². The molecule has 0 aromatic heterocycles. The molecule has 4 nitrogen and oxygen atoms in total. The van der Waals surface area contributed by atoms with Crippen molar-refractivity contribution >= 4 is 22.9 Å². The Morgan fingerprint density at radius 2 is 1.84 bits per heavy atom. The van der Waals surface area contributed by atoms with Crippen LogP contribution in [0.1, 0.15) is 5.56 Å². The Morgan fingerprint density at radius 3 is 2.42 bits per heavy atom. The molecule has 1 saturated heterocycles. The van der Waals surface area contributed by atoms with E-state index in [2.05, 4.69) is 0 Å². The summed E-state index contributed by atoms with van der Waals surface area (Å²) in [6.07, 6.45) is 0. The molecule has 102 valence electrons. The molecule has 5 heteroatoms. The number of morpholine rings is 1. The number of benzene rings is 1. The summed E-state index contributed by atoms with van der Waals surface area (Å²) in [5, 5.41) is 6.74. The fourth-order valence-corrected chi connectivity index (χ4v) is 1.99. The molecule has 0 saturated carbocycles. The standard InChI is InChI=1S/C14H19N3OS/c1-16(2)14(19)13(12-6-4-3-5-7-12)15-17-8-10-18-11-9-17/h3-7H,8-11H2,1-2H3/b15-13+. The molecule has 1 aromatic rings. The lowest BCUT2D eigenvalue weighted by atomic mass is 10.1. The van der Waals surface area contributed by atoms with E-state index in [1.165, 1.54) is 0 Å². The quantitative estimate of drug-likeness (QED) is 0.620. The zero-order valence-electron chi connectivity index (χ0n) is 11.4. The Kier molecular flexibility index (Phi) is 4.87. The maximum atomic E-state index is 5.49. The van der Waals surface area contributed by atoms with Crippen LogP contribution in [0.2, 0.25) is 0 Å². The first-order valence-corrected chi connectivity index (χ1v) is 6.77. The summed E-state index contributed by atoms with van der Waals surface area (Å²) in [6, 6.07) is 10.1. The van der Waals surface area contributed by atoms with Crippen LogP contribution in [-0.4, -0.2) is 61.0 Å². The minimum Gasteiger partial charge on any atom is -0.378 e. The van der Waals surface area contributed by atoms with E-state index in [-0.39, 0.29) is 0 Å². The predicted octanol–water partition coefficient (Wildman–Crippen LogP) is 1.61. The number of hydrogen-bond acceptors (Lipinski definition) is 4. The van der Waals surface area contributed by atoms with E-state index in [4.69, 9.17) is 22.1 Å². The van der Waals surface area contributed by atoms with Gasteiger partial charge in [-0.3, -0.25) is 5.01 Å². The van der Waals surface area contributed by atoms with Crippen LogP contribution in [0.5, 0.6) is 0 Å². The molecule has 0 amide bonds. The van der Waals surface area contributed by atoms with Gasteiger partial charge in [0.15, 0.2) is 0 Å². The van der Waals surface area contributed by atoms with Gasteiger partial charge >= 0.3 is 0 Å². The zero-order valence-corrected chi connectivity index (χ0v) is 12.2. The lowest BCUT2D eigenvalue weighted by Crippen LogP contribution is -2.36. The molecule has 1 aromatic carbocycles. The third-order valence-corrected chi connectivity index (χ3v) is 3.44. The summed E-state index contributed by atoms with van der Waals surface area (Å²) in [5.41, 5.74) is 1.90. The molecule has 0 radical (unpaired) electrons. The summed E-state index contributed by atoms with van der Waals surface area (Å²) in [5.74, 6) is 0. The van der Waals surface area contributed by atoms with Gasteiger partial charge < -0.3 is 9.64 Å². The molecule has 1 fully saturated rings. The molecule has 0 atom stereocenters. The minimum absolute atomic E-state index is 0.723. The maximum absolute atomic E-state index is 5.49. The summed E-state index contributed by atoms with van der Waals surface area (Å²) < 4.78 is 5.34. The molecule has 0 aliphatic carbocycles. The van der Waals surface area contributed by atoms with Crippen LogP contribution >= 0.6 is 12.2 Å². The molecular formula is C14H19N3OS. The largest absolute Gasteiger partial charge is 0.378 e. The second kappa shape index (κ2) is 6.63. The van der Waals surface area contributed by atoms with Crippen LogP contribution in [0.15, 0.2) is 35.4 Å². The van der Waals surface area contributed by atoms with Gasteiger partial charge in [0, 0.05) is 19.7 Å². The van der Waals surface area contributed by atoms with E-state index in [0.29, 0.717) is 0 Å². The van der Waals surface area contributed by atoms with Crippen LogP contribution in [-0.2, 0) is 4.74 Å². The van der Waals surface area contributed by atoms with Crippen LogP contribution in [0, 0.1) is 0 Å².